The Balaban J connectivity index is 1.85. The fraction of sp³-hybridized carbons (Fsp3) is 0.263. The van der Waals surface area contributed by atoms with Crippen molar-refractivity contribution in [2.24, 2.45) is 0 Å². The molecule has 148 valence electrons. The molecule has 1 aliphatic rings. The molecule has 0 aromatic heterocycles. The number of ether oxygens (including phenoxy) is 1. The van der Waals surface area contributed by atoms with Gasteiger partial charge in [-0.05, 0) is 42.3 Å². The van der Waals surface area contributed by atoms with Crippen molar-refractivity contribution >= 4 is 35.3 Å². The van der Waals surface area contributed by atoms with Gasteiger partial charge < -0.3 is 10.1 Å². The number of benzene rings is 2. The molecule has 1 unspecified atom stereocenters. The Morgan fingerprint density at radius 2 is 2.00 bits per heavy atom. The summed E-state index contributed by atoms with van der Waals surface area (Å²) in [5.41, 5.74) is -0.0891. The van der Waals surface area contributed by atoms with Crippen LogP contribution in [0.25, 0.3) is 0 Å². The Morgan fingerprint density at radius 3 is 2.64 bits per heavy atom. The summed E-state index contributed by atoms with van der Waals surface area (Å²) >= 11 is 6.38. The monoisotopic (exact) mass is 426 g/mol. The van der Waals surface area contributed by atoms with E-state index >= 15 is 0 Å². The summed E-state index contributed by atoms with van der Waals surface area (Å²) in [4.78, 5) is 26.8. The van der Waals surface area contributed by atoms with Gasteiger partial charge in [-0.15, -0.1) is 0 Å². The molecule has 5 nitrogen and oxygen atoms in total. The summed E-state index contributed by atoms with van der Waals surface area (Å²) in [7, 11) is 1.37. The van der Waals surface area contributed by atoms with Crippen LogP contribution in [-0.2, 0) is 16.9 Å². The highest BCUT2D eigenvalue weighted by Crippen LogP contribution is 2.35. The van der Waals surface area contributed by atoms with Gasteiger partial charge in [0.05, 0.1) is 18.6 Å². The molecule has 0 bridgehead atoms. The number of nitrogens with zero attached hydrogens (tertiary/aromatic N) is 1. The molecule has 1 heterocycles. The minimum Gasteiger partial charge on any atom is -0.496 e. The van der Waals surface area contributed by atoms with Crippen LogP contribution >= 0.6 is 23.4 Å². The Morgan fingerprint density at radius 1 is 1.25 bits per heavy atom. The van der Waals surface area contributed by atoms with E-state index in [4.69, 9.17) is 16.3 Å². The number of carbonyl (C=O) groups excluding carboxylic acids is 2. The number of imide groups is 1. The van der Waals surface area contributed by atoms with Crippen LogP contribution in [-0.4, -0.2) is 29.7 Å². The average Bonchev–Trinajstić information content (AvgIpc) is 2.86. The van der Waals surface area contributed by atoms with Crippen molar-refractivity contribution in [3.63, 3.8) is 0 Å². The quantitative estimate of drug-likeness (QED) is 0.540. The van der Waals surface area contributed by atoms with Gasteiger partial charge in [0.2, 0.25) is 0 Å². The number of nitrogens with one attached hydrogen (secondary N) is 1. The van der Waals surface area contributed by atoms with Gasteiger partial charge in [-0.2, -0.15) is 8.78 Å². The predicted octanol–water partition coefficient (Wildman–Crippen LogP) is 4.63. The lowest BCUT2D eigenvalue weighted by atomic mass is 9.92. The topological polar surface area (TPSA) is 58.6 Å². The highest BCUT2D eigenvalue weighted by molar-refractivity contribution is 7.99. The molecule has 1 saturated heterocycles. The lowest BCUT2D eigenvalue weighted by molar-refractivity contribution is -0.131. The third-order valence-corrected chi connectivity index (χ3v) is 5.47. The summed E-state index contributed by atoms with van der Waals surface area (Å²) in [5.74, 6) is -2.75. The number of urea groups is 1. The molecule has 0 saturated carbocycles. The molecule has 0 spiro atoms. The third kappa shape index (κ3) is 3.93. The number of methoxy groups -OCH3 is 1. The van der Waals surface area contributed by atoms with Crippen molar-refractivity contribution in [3.05, 3.63) is 58.6 Å². The maximum Gasteiger partial charge on any atom is 0.325 e. The lowest BCUT2D eigenvalue weighted by Crippen LogP contribution is -2.40. The summed E-state index contributed by atoms with van der Waals surface area (Å²) < 4.78 is 30.4. The first kappa shape index (κ1) is 20.4. The van der Waals surface area contributed by atoms with E-state index in [9.17, 15) is 18.4 Å². The fourth-order valence-corrected chi connectivity index (χ4v) is 3.81. The number of hydrogen-bond donors (Lipinski definition) is 1. The number of amides is 3. The maximum absolute atomic E-state index is 13.0. The fourth-order valence-electron chi connectivity index (χ4n) is 3.02. The predicted molar refractivity (Wildman–Crippen MR) is 103 cm³/mol. The summed E-state index contributed by atoms with van der Waals surface area (Å²) in [6.45, 7) is 1.60. The normalized spacial score (nSPS) is 19.3. The van der Waals surface area contributed by atoms with Crippen LogP contribution in [0.5, 0.6) is 5.75 Å². The first-order valence-electron chi connectivity index (χ1n) is 8.26. The van der Waals surface area contributed by atoms with Gasteiger partial charge >= 0.3 is 6.03 Å². The van der Waals surface area contributed by atoms with Crippen LogP contribution in [0.2, 0.25) is 5.02 Å². The second-order valence-electron chi connectivity index (χ2n) is 6.32. The summed E-state index contributed by atoms with van der Waals surface area (Å²) in [6.07, 6.45) is 0. The SMILES string of the molecule is COc1cc(CN2C(=O)NC(C)(c3cccc(Cl)c3)C2=O)ccc1SC(F)F. The van der Waals surface area contributed by atoms with Crippen LogP contribution in [0.4, 0.5) is 13.6 Å². The van der Waals surface area contributed by atoms with Gasteiger partial charge in [0.25, 0.3) is 11.7 Å². The first-order valence-corrected chi connectivity index (χ1v) is 9.52. The Bertz CT molecular complexity index is 928. The molecule has 0 aliphatic carbocycles. The van der Waals surface area contributed by atoms with Crippen LogP contribution in [0.3, 0.4) is 0 Å². The molecule has 1 atom stereocenters. The van der Waals surface area contributed by atoms with E-state index in [0.717, 1.165) is 4.90 Å². The number of carbonyl (C=O) groups is 2. The molecule has 2 aromatic rings. The molecule has 1 aliphatic heterocycles. The highest BCUT2D eigenvalue weighted by Gasteiger charge is 2.48. The maximum atomic E-state index is 13.0. The molecule has 28 heavy (non-hydrogen) atoms. The second kappa shape index (κ2) is 7.97. The standard InChI is InChI=1S/C19H17ClF2N2O3S/c1-19(12-4-3-5-13(20)9-12)16(25)24(18(26)23-19)10-11-6-7-15(28-17(21)22)14(8-11)27-2/h3-9,17H,10H2,1-2H3,(H,23,26). The van der Waals surface area contributed by atoms with E-state index in [0.29, 0.717) is 27.9 Å². The Hall–Kier alpha value is -2.32. The van der Waals surface area contributed by atoms with E-state index < -0.39 is 23.2 Å². The van der Waals surface area contributed by atoms with Crippen LogP contribution in [0.1, 0.15) is 18.1 Å². The van der Waals surface area contributed by atoms with Gasteiger partial charge in [-0.1, -0.05) is 41.6 Å². The minimum atomic E-state index is -2.58. The molecule has 0 radical (unpaired) electrons. The van der Waals surface area contributed by atoms with Gasteiger partial charge in [0, 0.05) is 5.02 Å². The average molecular weight is 427 g/mol. The Labute approximate surface area is 170 Å². The zero-order chi connectivity index (χ0) is 20.5. The van der Waals surface area contributed by atoms with E-state index in [1.165, 1.54) is 13.2 Å². The number of halogens is 3. The largest absolute Gasteiger partial charge is 0.496 e. The molecule has 1 fully saturated rings. The van der Waals surface area contributed by atoms with Gasteiger partial charge in [0.15, 0.2) is 0 Å². The molecular formula is C19H17ClF2N2O3S. The minimum absolute atomic E-state index is 0.0171. The summed E-state index contributed by atoms with van der Waals surface area (Å²) in [6, 6.07) is 10.8. The lowest BCUT2D eigenvalue weighted by Gasteiger charge is -2.22. The zero-order valence-electron chi connectivity index (χ0n) is 15.0. The second-order valence-corrected chi connectivity index (χ2v) is 7.79. The van der Waals surface area contributed by atoms with E-state index in [1.54, 1.807) is 43.3 Å². The Kier molecular flexibility index (Phi) is 5.81. The number of hydrogen-bond acceptors (Lipinski definition) is 4. The van der Waals surface area contributed by atoms with E-state index in [1.807, 2.05) is 0 Å². The molecule has 1 N–H and O–H groups in total. The molecule has 2 aromatic carbocycles. The van der Waals surface area contributed by atoms with E-state index in [-0.39, 0.29) is 17.2 Å². The molecule has 9 heteroatoms. The summed E-state index contributed by atoms with van der Waals surface area (Å²) in [5, 5.41) is 3.16. The van der Waals surface area contributed by atoms with Gasteiger partial charge in [0.1, 0.15) is 11.3 Å². The number of thioether (sulfide) groups is 1. The highest BCUT2D eigenvalue weighted by atomic mass is 35.5. The number of alkyl halides is 2. The zero-order valence-corrected chi connectivity index (χ0v) is 16.6. The van der Waals surface area contributed by atoms with Gasteiger partial charge in [-0.3, -0.25) is 9.69 Å². The van der Waals surface area contributed by atoms with E-state index in [2.05, 4.69) is 5.32 Å². The van der Waals surface area contributed by atoms with Crippen molar-refractivity contribution in [2.45, 2.75) is 29.7 Å². The van der Waals surface area contributed by atoms with Crippen LogP contribution in [0, 0.1) is 0 Å². The van der Waals surface area contributed by atoms with Crippen molar-refractivity contribution in [1.29, 1.82) is 0 Å². The van der Waals surface area contributed by atoms with Crippen LogP contribution < -0.4 is 10.1 Å². The van der Waals surface area contributed by atoms with Crippen LogP contribution in [0.15, 0.2) is 47.4 Å². The molecule has 3 amide bonds. The van der Waals surface area contributed by atoms with Crippen molar-refractivity contribution in [1.82, 2.24) is 10.2 Å². The smallest absolute Gasteiger partial charge is 0.325 e. The molecule has 3 rings (SSSR count). The van der Waals surface area contributed by atoms with Crippen molar-refractivity contribution in [2.75, 3.05) is 7.11 Å². The number of rotatable bonds is 6. The third-order valence-electron chi connectivity index (χ3n) is 4.46. The van der Waals surface area contributed by atoms with Crippen molar-refractivity contribution in [3.8, 4) is 5.75 Å². The first-order chi connectivity index (χ1) is 13.2. The molecular weight excluding hydrogens is 410 g/mol. The van der Waals surface area contributed by atoms with Crippen molar-refractivity contribution < 1.29 is 23.1 Å². The van der Waals surface area contributed by atoms with Gasteiger partial charge in [-0.25, -0.2) is 4.79 Å².